The van der Waals surface area contributed by atoms with Gasteiger partial charge in [0.25, 0.3) is 0 Å². The number of benzene rings is 1. The molecule has 6 heteroatoms. The van der Waals surface area contributed by atoms with E-state index in [0.29, 0.717) is 17.4 Å². The van der Waals surface area contributed by atoms with Crippen molar-refractivity contribution in [2.24, 2.45) is 0 Å². The van der Waals surface area contributed by atoms with Crippen LogP contribution in [0, 0.1) is 11.3 Å². The molecule has 2 aromatic heterocycles. The van der Waals surface area contributed by atoms with Crippen LogP contribution in [0.15, 0.2) is 48.9 Å². The van der Waals surface area contributed by atoms with Crippen LogP contribution < -0.4 is 4.74 Å². The summed E-state index contributed by atoms with van der Waals surface area (Å²) in [7, 11) is 0. The van der Waals surface area contributed by atoms with Crippen LogP contribution in [-0.4, -0.2) is 15.0 Å². The Kier molecular flexibility index (Phi) is 6.45. The Morgan fingerprint density at radius 2 is 2.00 bits per heavy atom. The number of nitriles is 1. The molecule has 0 aliphatic rings. The number of halogens is 1. The number of unbranched alkanes of at least 4 members (excludes halogenated alkanes) is 1. The third-order valence-corrected chi connectivity index (χ3v) is 4.66. The van der Waals surface area contributed by atoms with Crippen LogP contribution in [0.4, 0.5) is 0 Å². The number of aromatic nitrogens is 3. The smallest absolute Gasteiger partial charge is 0.182 e. The third kappa shape index (κ3) is 4.66. The maximum atomic E-state index is 9.53. The minimum absolute atomic E-state index is 0.0234. The van der Waals surface area contributed by atoms with E-state index in [1.807, 2.05) is 36.5 Å². The maximum absolute atomic E-state index is 9.53. The van der Waals surface area contributed by atoms with E-state index in [9.17, 15) is 5.26 Å². The van der Waals surface area contributed by atoms with Crippen LogP contribution in [0.5, 0.6) is 5.75 Å². The van der Waals surface area contributed by atoms with Gasteiger partial charge in [-0.05, 0) is 30.2 Å². The minimum atomic E-state index is 0.0234. The fraction of sp³-hybridized carbons (Fsp3) is 0.286. The molecule has 1 unspecified atom stereocenters. The maximum Gasteiger partial charge on any atom is 0.182 e. The van der Waals surface area contributed by atoms with Crippen LogP contribution in [0.2, 0.25) is 5.02 Å². The molecule has 3 aromatic rings. The second-order valence-electron chi connectivity index (χ2n) is 6.27. The molecule has 0 fully saturated rings. The first-order valence-electron chi connectivity index (χ1n) is 8.98. The SMILES string of the molecule is CCCCC(c1ncc[nH]1)c1ccnc(C#N)c1OCc1ccc(Cl)cc1. The number of H-pyrrole nitrogens is 1. The molecule has 138 valence electrons. The van der Waals surface area contributed by atoms with Gasteiger partial charge in [0.1, 0.15) is 18.5 Å². The van der Waals surface area contributed by atoms with Crippen molar-refractivity contribution >= 4 is 11.6 Å². The summed E-state index contributed by atoms with van der Waals surface area (Å²) < 4.78 is 6.07. The van der Waals surface area contributed by atoms with E-state index in [1.165, 1.54) is 0 Å². The van der Waals surface area contributed by atoms with Gasteiger partial charge in [-0.15, -0.1) is 0 Å². The van der Waals surface area contributed by atoms with Crippen LogP contribution >= 0.6 is 11.6 Å². The minimum Gasteiger partial charge on any atom is -0.486 e. The Morgan fingerprint density at radius 3 is 2.67 bits per heavy atom. The van der Waals surface area contributed by atoms with Crippen molar-refractivity contribution in [3.05, 3.63) is 76.6 Å². The molecule has 1 N–H and O–H groups in total. The van der Waals surface area contributed by atoms with Crippen LogP contribution in [0.1, 0.15) is 54.7 Å². The first kappa shape index (κ1) is 18.9. The fourth-order valence-corrected chi connectivity index (χ4v) is 3.15. The highest BCUT2D eigenvalue weighted by molar-refractivity contribution is 6.30. The highest BCUT2D eigenvalue weighted by Crippen LogP contribution is 2.35. The quantitative estimate of drug-likeness (QED) is 0.580. The first-order chi connectivity index (χ1) is 13.2. The number of aromatic amines is 1. The molecule has 5 nitrogen and oxygen atoms in total. The van der Waals surface area contributed by atoms with E-state index in [4.69, 9.17) is 16.3 Å². The van der Waals surface area contributed by atoms with E-state index in [1.54, 1.807) is 12.4 Å². The van der Waals surface area contributed by atoms with Gasteiger partial charge in [0.15, 0.2) is 11.4 Å². The Balaban J connectivity index is 1.94. The van der Waals surface area contributed by atoms with E-state index in [2.05, 4.69) is 27.9 Å². The number of nitrogens with zero attached hydrogens (tertiary/aromatic N) is 3. The summed E-state index contributed by atoms with van der Waals surface area (Å²) in [6, 6.07) is 11.5. The second-order valence-corrected chi connectivity index (χ2v) is 6.71. The van der Waals surface area contributed by atoms with Gasteiger partial charge in [-0.3, -0.25) is 0 Å². The number of rotatable bonds is 8. The molecule has 3 rings (SSSR count). The molecule has 0 bridgehead atoms. The Labute approximate surface area is 164 Å². The number of ether oxygens (including phenoxy) is 1. The molecule has 0 aliphatic heterocycles. The van der Waals surface area contributed by atoms with E-state index >= 15 is 0 Å². The van der Waals surface area contributed by atoms with Crippen molar-refractivity contribution in [2.45, 2.75) is 38.7 Å². The largest absolute Gasteiger partial charge is 0.486 e. The molecule has 0 saturated carbocycles. The van der Waals surface area contributed by atoms with Crippen molar-refractivity contribution in [2.75, 3.05) is 0 Å². The number of pyridine rings is 1. The van der Waals surface area contributed by atoms with Crippen LogP contribution in [-0.2, 0) is 6.61 Å². The predicted octanol–water partition coefficient (Wildman–Crippen LogP) is 5.23. The van der Waals surface area contributed by atoms with Gasteiger partial charge < -0.3 is 9.72 Å². The number of hydrogen-bond donors (Lipinski definition) is 1. The molecular formula is C21H21ClN4O. The summed E-state index contributed by atoms with van der Waals surface area (Å²) in [5.74, 6) is 1.41. The summed E-state index contributed by atoms with van der Waals surface area (Å²) in [5, 5.41) is 10.2. The molecule has 0 aliphatic carbocycles. The highest BCUT2D eigenvalue weighted by atomic mass is 35.5. The first-order valence-corrected chi connectivity index (χ1v) is 9.36. The molecule has 0 radical (unpaired) electrons. The summed E-state index contributed by atoms with van der Waals surface area (Å²) in [5.41, 5.74) is 2.19. The molecule has 1 aromatic carbocycles. The zero-order chi connectivity index (χ0) is 19.1. The lowest BCUT2D eigenvalue weighted by molar-refractivity contribution is 0.298. The average Bonchev–Trinajstić information content (AvgIpc) is 3.22. The zero-order valence-corrected chi connectivity index (χ0v) is 15.9. The standard InChI is InChI=1S/C21H21ClN4O/c1-2-3-4-18(21-25-11-12-26-21)17-9-10-24-19(13-23)20(17)27-14-15-5-7-16(22)8-6-15/h5-12,18H,2-4,14H2,1H3,(H,25,26). The summed E-state index contributed by atoms with van der Waals surface area (Å²) >= 11 is 5.94. The molecule has 0 amide bonds. The van der Waals surface area contributed by atoms with Crippen molar-refractivity contribution in [3.63, 3.8) is 0 Å². The van der Waals surface area contributed by atoms with Gasteiger partial charge >= 0.3 is 0 Å². The Hall–Kier alpha value is -2.84. The highest BCUT2D eigenvalue weighted by Gasteiger charge is 2.23. The lowest BCUT2D eigenvalue weighted by Gasteiger charge is -2.19. The van der Waals surface area contributed by atoms with Crippen molar-refractivity contribution in [3.8, 4) is 11.8 Å². The van der Waals surface area contributed by atoms with Crippen molar-refractivity contribution in [1.82, 2.24) is 15.0 Å². The summed E-state index contributed by atoms with van der Waals surface area (Å²) in [6.07, 6.45) is 8.26. The molecule has 27 heavy (non-hydrogen) atoms. The Morgan fingerprint density at radius 1 is 1.19 bits per heavy atom. The van der Waals surface area contributed by atoms with Crippen molar-refractivity contribution in [1.29, 1.82) is 5.26 Å². The third-order valence-electron chi connectivity index (χ3n) is 4.41. The predicted molar refractivity (Wildman–Crippen MR) is 105 cm³/mol. The molecule has 1 atom stereocenters. The van der Waals surface area contributed by atoms with Gasteiger partial charge in [0.05, 0.1) is 0 Å². The van der Waals surface area contributed by atoms with Gasteiger partial charge in [0.2, 0.25) is 0 Å². The van der Waals surface area contributed by atoms with Gasteiger partial charge in [-0.25, -0.2) is 9.97 Å². The lowest BCUT2D eigenvalue weighted by Crippen LogP contribution is -2.09. The van der Waals surface area contributed by atoms with E-state index in [0.717, 1.165) is 36.2 Å². The molecule has 2 heterocycles. The van der Waals surface area contributed by atoms with Crippen molar-refractivity contribution < 1.29 is 4.74 Å². The number of nitrogens with one attached hydrogen (secondary N) is 1. The molecular weight excluding hydrogens is 360 g/mol. The summed E-state index contributed by atoms with van der Waals surface area (Å²) in [4.78, 5) is 11.8. The zero-order valence-electron chi connectivity index (χ0n) is 15.2. The topological polar surface area (TPSA) is 74.6 Å². The fourth-order valence-electron chi connectivity index (χ4n) is 3.02. The number of imidazole rings is 1. The van der Waals surface area contributed by atoms with Gasteiger partial charge in [-0.1, -0.05) is 43.5 Å². The Bertz CT molecular complexity index is 901. The van der Waals surface area contributed by atoms with Crippen LogP contribution in [0.25, 0.3) is 0 Å². The summed E-state index contributed by atoms with van der Waals surface area (Å²) in [6.45, 7) is 2.49. The van der Waals surface area contributed by atoms with E-state index in [-0.39, 0.29) is 11.6 Å². The van der Waals surface area contributed by atoms with Gasteiger partial charge in [-0.2, -0.15) is 5.26 Å². The van der Waals surface area contributed by atoms with E-state index < -0.39 is 0 Å². The number of hydrogen-bond acceptors (Lipinski definition) is 4. The monoisotopic (exact) mass is 380 g/mol. The van der Waals surface area contributed by atoms with Crippen LogP contribution in [0.3, 0.4) is 0 Å². The second kappa shape index (κ2) is 9.20. The lowest BCUT2D eigenvalue weighted by atomic mass is 9.92. The van der Waals surface area contributed by atoms with Gasteiger partial charge in [0, 0.05) is 35.1 Å². The normalized spacial score (nSPS) is 11.7. The molecule has 0 saturated heterocycles. The molecule has 0 spiro atoms. The average molecular weight is 381 g/mol.